The topological polar surface area (TPSA) is 81.0 Å². The molecule has 1 aromatic heterocycles. The number of carbonyl (C=O) groups is 1. The maximum Gasteiger partial charge on any atom is 0.259 e. The van der Waals surface area contributed by atoms with Crippen LogP contribution in [0.3, 0.4) is 0 Å². The molecule has 1 aromatic rings. The van der Waals surface area contributed by atoms with Crippen molar-refractivity contribution in [2.45, 2.75) is 31.4 Å². The lowest BCUT2D eigenvalue weighted by atomic mass is 9.66. The zero-order chi connectivity index (χ0) is 18.5. The van der Waals surface area contributed by atoms with Gasteiger partial charge in [0.1, 0.15) is 5.56 Å². The average molecular weight is 362 g/mol. The number of piperidine rings is 1. The van der Waals surface area contributed by atoms with Crippen LogP contribution in [-0.2, 0) is 16.5 Å². The number of hydrogen-bond acceptors (Lipinski definition) is 5. The van der Waals surface area contributed by atoms with E-state index in [-0.39, 0.29) is 34.8 Å². The van der Waals surface area contributed by atoms with Gasteiger partial charge in [-0.25, -0.2) is 0 Å². The molecule has 0 bridgehead atoms. The molecule has 4 rings (SSSR count). The number of amides is 1. The molecule has 4 heterocycles. The van der Waals surface area contributed by atoms with E-state index >= 15 is 0 Å². The maximum atomic E-state index is 13.3. The minimum atomic E-state index is -0.863. The fourth-order valence-electron chi connectivity index (χ4n) is 4.74. The number of nitrogens with zero attached hydrogens (tertiary/aromatic N) is 2. The number of aromatic nitrogens is 1. The second-order valence-electron chi connectivity index (χ2n) is 7.81. The highest BCUT2D eigenvalue weighted by Crippen LogP contribution is 2.44. The van der Waals surface area contributed by atoms with Crippen LogP contribution in [0.1, 0.15) is 28.9 Å². The van der Waals surface area contributed by atoms with Crippen LogP contribution in [0.25, 0.3) is 0 Å². The van der Waals surface area contributed by atoms with Crippen molar-refractivity contribution in [2.24, 2.45) is 18.9 Å². The van der Waals surface area contributed by atoms with Gasteiger partial charge in [-0.3, -0.25) is 9.59 Å². The molecule has 3 saturated heterocycles. The van der Waals surface area contributed by atoms with Crippen molar-refractivity contribution in [2.75, 3.05) is 33.0 Å². The first kappa shape index (κ1) is 17.7. The van der Waals surface area contributed by atoms with Gasteiger partial charge in [-0.15, -0.1) is 0 Å². The number of likely N-dealkylation sites (tertiary alicyclic amines) is 1. The predicted molar refractivity (Wildman–Crippen MR) is 94.0 cm³/mol. The van der Waals surface area contributed by atoms with Gasteiger partial charge in [0.15, 0.2) is 5.43 Å². The standard InChI is InChI=1S/C19H26N2O5/c1-12-7-17(22)14(9-20(12)2)18(23)21-8-13-10-26-6-4-19(13,24)15-11-25-5-3-16(15)21/h7,9,13,15-16,24H,3-6,8,10-11H2,1-2H3/t13-,15+,16-,19-/m1/s1. The minimum absolute atomic E-state index is 0.110. The summed E-state index contributed by atoms with van der Waals surface area (Å²) in [6.45, 7) is 4.21. The molecule has 1 amide bonds. The van der Waals surface area contributed by atoms with E-state index in [1.807, 2.05) is 14.0 Å². The second-order valence-corrected chi connectivity index (χ2v) is 7.81. The molecule has 3 aliphatic heterocycles. The quantitative estimate of drug-likeness (QED) is 0.778. The SMILES string of the molecule is Cc1cc(=O)c(C(=O)N2C[C@@H]3COCC[C@]3(O)[C@H]3COCC[C@H]32)cn1C. The summed E-state index contributed by atoms with van der Waals surface area (Å²) >= 11 is 0. The van der Waals surface area contributed by atoms with Crippen LogP contribution in [0, 0.1) is 18.8 Å². The zero-order valence-corrected chi connectivity index (χ0v) is 15.3. The van der Waals surface area contributed by atoms with Gasteiger partial charge in [-0.1, -0.05) is 0 Å². The largest absolute Gasteiger partial charge is 0.389 e. The van der Waals surface area contributed by atoms with Gasteiger partial charge < -0.3 is 24.0 Å². The smallest absolute Gasteiger partial charge is 0.259 e. The van der Waals surface area contributed by atoms with Crippen LogP contribution in [-0.4, -0.2) is 65.1 Å². The number of carbonyl (C=O) groups excluding carboxylic acids is 1. The molecule has 7 nitrogen and oxygen atoms in total. The van der Waals surface area contributed by atoms with E-state index in [9.17, 15) is 14.7 Å². The molecule has 0 aliphatic carbocycles. The molecular formula is C19H26N2O5. The van der Waals surface area contributed by atoms with E-state index < -0.39 is 5.60 Å². The summed E-state index contributed by atoms with van der Waals surface area (Å²) in [5.74, 6) is -0.551. The normalized spacial score (nSPS) is 34.1. The lowest BCUT2D eigenvalue weighted by Gasteiger charge is -2.57. The van der Waals surface area contributed by atoms with Crippen LogP contribution >= 0.6 is 0 Å². The van der Waals surface area contributed by atoms with E-state index in [1.165, 1.54) is 6.07 Å². The summed E-state index contributed by atoms with van der Waals surface area (Å²) < 4.78 is 13.0. The van der Waals surface area contributed by atoms with Gasteiger partial charge in [0.2, 0.25) is 0 Å². The molecule has 3 fully saturated rings. The lowest BCUT2D eigenvalue weighted by molar-refractivity contribution is -0.212. The van der Waals surface area contributed by atoms with Gasteiger partial charge in [0, 0.05) is 69.1 Å². The van der Waals surface area contributed by atoms with Crippen molar-refractivity contribution >= 4 is 5.91 Å². The Morgan fingerprint density at radius 1 is 1.31 bits per heavy atom. The van der Waals surface area contributed by atoms with Gasteiger partial charge >= 0.3 is 0 Å². The molecule has 4 atom stereocenters. The highest BCUT2D eigenvalue weighted by atomic mass is 16.5. The van der Waals surface area contributed by atoms with Gasteiger partial charge in [-0.2, -0.15) is 0 Å². The third-order valence-electron chi connectivity index (χ3n) is 6.43. The summed E-state index contributed by atoms with van der Waals surface area (Å²) in [5, 5.41) is 11.3. The van der Waals surface area contributed by atoms with Crippen molar-refractivity contribution in [1.82, 2.24) is 9.47 Å². The first-order chi connectivity index (χ1) is 12.4. The zero-order valence-electron chi connectivity index (χ0n) is 15.3. The number of hydrogen-bond donors (Lipinski definition) is 1. The summed E-state index contributed by atoms with van der Waals surface area (Å²) in [4.78, 5) is 27.5. The van der Waals surface area contributed by atoms with Crippen molar-refractivity contribution in [3.8, 4) is 0 Å². The van der Waals surface area contributed by atoms with E-state index in [4.69, 9.17) is 9.47 Å². The fraction of sp³-hybridized carbons (Fsp3) is 0.684. The molecule has 0 saturated carbocycles. The Kier molecular flexibility index (Phi) is 4.41. The van der Waals surface area contributed by atoms with Crippen LogP contribution in [0.4, 0.5) is 0 Å². The Labute approximate surface area is 152 Å². The first-order valence-corrected chi connectivity index (χ1v) is 9.28. The van der Waals surface area contributed by atoms with Gasteiger partial charge in [0.05, 0.1) is 18.8 Å². The molecule has 0 spiro atoms. The Morgan fingerprint density at radius 2 is 2.08 bits per heavy atom. The van der Waals surface area contributed by atoms with Crippen LogP contribution in [0.2, 0.25) is 0 Å². The third-order valence-corrected chi connectivity index (χ3v) is 6.43. The summed E-state index contributed by atoms with van der Waals surface area (Å²) in [5.41, 5.74) is -0.122. The molecule has 142 valence electrons. The lowest BCUT2D eigenvalue weighted by Crippen LogP contribution is -2.69. The molecule has 26 heavy (non-hydrogen) atoms. The Hall–Kier alpha value is -1.70. The Morgan fingerprint density at radius 3 is 2.88 bits per heavy atom. The third kappa shape index (κ3) is 2.69. The van der Waals surface area contributed by atoms with Crippen molar-refractivity contribution in [1.29, 1.82) is 0 Å². The highest BCUT2D eigenvalue weighted by Gasteiger charge is 2.56. The fourth-order valence-corrected chi connectivity index (χ4v) is 4.74. The number of ether oxygens (including phenoxy) is 2. The Balaban J connectivity index is 1.70. The Bertz CT molecular complexity index is 776. The van der Waals surface area contributed by atoms with Crippen LogP contribution in [0.5, 0.6) is 0 Å². The van der Waals surface area contributed by atoms with Gasteiger partial charge in [0.25, 0.3) is 5.91 Å². The molecule has 3 aliphatic rings. The number of rotatable bonds is 1. The first-order valence-electron chi connectivity index (χ1n) is 9.28. The molecule has 0 aromatic carbocycles. The maximum absolute atomic E-state index is 13.3. The number of pyridine rings is 1. The van der Waals surface area contributed by atoms with Crippen molar-refractivity contribution in [3.63, 3.8) is 0 Å². The highest BCUT2D eigenvalue weighted by molar-refractivity contribution is 5.94. The number of aryl methyl sites for hydroxylation is 2. The van der Waals surface area contributed by atoms with Crippen molar-refractivity contribution in [3.05, 3.63) is 33.7 Å². The molecule has 0 unspecified atom stereocenters. The van der Waals surface area contributed by atoms with Crippen molar-refractivity contribution < 1.29 is 19.4 Å². The number of aliphatic hydroxyl groups is 1. The molecule has 1 N–H and O–H groups in total. The summed E-state index contributed by atoms with van der Waals surface area (Å²) in [6, 6.07) is 1.39. The van der Waals surface area contributed by atoms with E-state index in [2.05, 4.69) is 0 Å². The molecule has 0 radical (unpaired) electrons. The summed E-state index contributed by atoms with van der Waals surface area (Å²) in [6.07, 6.45) is 2.86. The van der Waals surface area contributed by atoms with E-state index in [1.54, 1.807) is 15.7 Å². The molecule has 7 heteroatoms. The minimum Gasteiger partial charge on any atom is -0.389 e. The average Bonchev–Trinajstić information content (AvgIpc) is 2.63. The number of fused-ring (bicyclic) bond motifs is 3. The monoisotopic (exact) mass is 362 g/mol. The van der Waals surface area contributed by atoms with Gasteiger partial charge in [-0.05, 0) is 13.3 Å². The molecular weight excluding hydrogens is 336 g/mol. The van der Waals surface area contributed by atoms with Crippen LogP contribution < -0.4 is 5.43 Å². The van der Waals surface area contributed by atoms with E-state index in [0.29, 0.717) is 45.8 Å². The summed E-state index contributed by atoms with van der Waals surface area (Å²) in [7, 11) is 1.83. The van der Waals surface area contributed by atoms with Crippen LogP contribution in [0.15, 0.2) is 17.1 Å². The van der Waals surface area contributed by atoms with E-state index in [0.717, 1.165) is 5.69 Å². The second kappa shape index (κ2) is 6.48. The predicted octanol–water partition coefficient (Wildman–Crippen LogP) is 0.322.